The molecule has 2 heterocycles. The van der Waals surface area contributed by atoms with Crippen molar-refractivity contribution in [2.24, 2.45) is 0 Å². The highest BCUT2D eigenvalue weighted by Gasteiger charge is 2.26. The van der Waals surface area contributed by atoms with E-state index in [1.807, 2.05) is 42.6 Å². The first-order valence-corrected chi connectivity index (χ1v) is 9.85. The van der Waals surface area contributed by atoms with Crippen LogP contribution in [0.4, 0.5) is 0 Å². The fraction of sp³-hybridized carbons (Fsp3) is 0.524. The fourth-order valence-corrected chi connectivity index (χ4v) is 3.75. The molecule has 3 rings (SSSR count). The van der Waals surface area contributed by atoms with Crippen LogP contribution < -0.4 is 5.32 Å². The maximum absolute atomic E-state index is 13.0. The predicted molar refractivity (Wildman–Crippen MR) is 104 cm³/mol. The largest absolute Gasteiger partial charge is 0.352 e. The molecule has 2 aromatic rings. The molecule has 2 unspecified atom stereocenters. The van der Waals surface area contributed by atoms with E-state index in [2.05, 4.69) is 22.2 Å². The van der Waals surface area contributed by atoms with E-state index < -0.39 is 6.04 Å². The lowest BCUT2D eigenvalue weighted by atomic mass is 10.0. The van der Waals surface area contributed by atoms with E-state index in [1.54, 1.807) is 10.9 Å². The average molecular weight is 354 g/mol. The Morgan fingerprint density at radius 1 is 1.27 bits per heavy atom. The van der Waals surface area contributed by atoms with Crippen molar-refractivity contribution in [3.63, 3.8) is 0 Å². The molecule has 1 aromatic carbocycles. The van der Waals surface area contributed by atoms with Crippen LogP contribution in [0.5, 0.6) is 0 Å². The lowest BCUT2D eigenvalue weighted by Crippen LogP contribution is -2.48. The van der Waals surface area contributed by atoms with Gasteiger partial charge in [-0.3, -0.25) is 14.4 Å². The number of nitrogens with one attached hydrogen (secondary N) is 1. The summed E-state index contributed by atoms with van der Waals surface area (Å²) in [5.41, 5.74) is 0.959. The molecule has 2 atom stereocenters. The summed E-state index contributed by atoms with van der Waals surface area (Å²) in [6, 6.07) is 11.8. The number of nitrogens with zero attached hydrogens (tertiary/aromatic N) is 3. The smallest absolute Gasteiger partial charge is 0.249 e. The van der Waals surface area contributed by atoms with Crippen molar-refractivity contribution < 1.29 is 4.79 Å². The number of carbonyl (C=O) groups is 1. The zero-order valence-electron chi connectivity index (χ0n) is 15.7. The number of hydrogen-bond acceptors (Lipinski definition) is 3. The SMILES string of the molecule is CCCCN1CCCCC1CNC(=O)C(c1ccccc1)n1cccn1. The molecule has 0 bridgehead atoms. The zero-order chi connectivity index (χ0) is 18.2. The van der Waals surface area contributed by atoms with Gasteiger partial charge in [0.2, 0.25) is 5.91 Å². The van der Waals surface area contributed by atoms with E-state index in [9.17, 15) is 4.79 Å². The number of aromatic nitrogens is 2. The van der Waals surface area contributed by atoms with Crippen LogP contribution in [0.15, 0.2) is 48.8 Å². The van der Waals surface area contributed by atoms with Gasteiger partial charge in [0, 0.05) is 25.0 Å². The Kier molecular flexibility index (Phi) is 6.83. The Morgan fingerprint density at radius 3 is 2.85 bits per heavy atom. The molecule has 1 aliphatic rings. The van der Waals surface area contributed by atoms with Gasteiger partial charge in [-0.15, -0.1) is 0 Å². The lowest BCUT2D eigenvalue weighted by Gasteiger charge is -2.36. The first-order valence-electron chi connectivity index (χ1n) is 9.85. The third-order valence-corrected chi connectivity index (χ3v) is 5.21. The number of benzene rings is 1. The highest BCUT2D eigenvalue weighted by Crippen LogP contribution is 2.20. The molecule has 0 radical (unpaired) electrons. The second kappa shape index (κ2) is 9.53. The molecular formula is C21H30N4O. The molecule has 1 aliphatic heterocycles. The van der Waals surface area contributed by atoms with E-state index >= 15 is 0 Å². The van der Waals surface area contributed by atoms with Crippen LogP contribution in [-0.2, 0) is 4.79 Å². The molecule has 0 saturated carbocycles. The van der Waals surface area contributed by atoms with Gasteiger partial charge in [0.05, 0.1) is 0 Å². The van der Waals surface area contributed by atoms with Crippen molar-refractivity contribution in [2.45, 2.75) is 51.1 Å². The number of unbranched alkanes of at least 4 members (excludes halogenated alkanes) is 1. The molecule has 1 aromatic heterocycles. The van der Waals surface area contributed by atoms with Gasteiger partial charge in [-0.2, -0.15) is 5.10 Å². The standard InChI is InChI=1S/C21H30N4O/c1-2-3-14-24-15-8-7-12-19(24)17-22-21(26)20(25-16-9-13-23-25)18-10-5-4-6-11-18/h4-6,9-11,13,16,19-20H,2-3,7-8,12,14-15,17H2,1H3,(H,22,26). The van der Waals surface area contributed by atoms with Gasteiger partial charge in [0.15, 0.2) is 6.04 Å². The molecule has 0 aliphatic carbocycles. The fourth-order valence-electron chi connectivity index (χ4n) is 3.75. The van der Waals surface area contributed by atoms with Crippen LogP contribution in [0.3, 0.4) is 0 Å². The zero-order valence-corrected chi connectivity index (χ0v) is 15.7. The quantitative estimate of drug-likeness (QED) is 0.792. The minimum absolute atomic E-state index is 0.0147. The highest BCUT2D eigenvalue weighted by atomic mass is 16.2. The molecule has 1 N–H and O–H groups in total. The number of rotatable bonds is 8. The molecule has 5 nitrogen and oxygen atoms in total. The minimum Gasteiger partial charge on any atom is -0.352 e. The summed E-state index contributed by atoms with van der Waals surface area (Å²) in [4.78, 5) is 15.6. The van der Waals surface area contributed by atoms with Crippen LogP contribution in [0.2, 0.25) is 0 Å². The van der Waals surface area contributed by atoms with Crippen LogP contribution in [-0.4, -0.2) is 46.3 Å². The molecular weight excluding hydrogens is 324 g/mol. The Bertz CT molecular complexity index is 656. The Labute approximate surface area is 156 Å². The second-order valence-corrected chi connectivity index (χ2v) is 7.08. The Hall–Kier alpha value is -2.14. The van der Waals surface area contributed by atoms with E-state index in [0.29, 0.717) is 12.6 Å². The van der Waals surface area contributed by atoms with Crippen LogP contribution in [0.1, 0.15) is 50.6 Å². The van der Waals surface area contributed by atoms with Crippen LogP contribution >= 0.6 is 0 Å². The van der Waals surface area contributed by atoms with Gasteiger partial charge >= 0.3 is 0 Å². The van der Waals surface area contributed by atoms with Crippen molar-refractivity contribution in [1.82, 2.24) is 20.0 Å². The Morgan fingerprint density at radius 2 is 2.12 bits per heavy atom. The van der Waals surface area contributed by atoms with Crippen LogP contribution in [0.25, 0.3) is 0 Å². The lowest BCUT2D eigenvalue weighted by molar-refractivity contribution is -0.123. The third-order valence-electron chi connectivity index (χ3n) is 5.21. The summed E-state index contributed by atoms with van der Waals surface area (Å²) in [5, 5.41) is 7.51. The summed E-state index contributed by atoms with van der Waals surface area (Å²) < 4.78 is 1.74. The van der Waals surface area contributed by atoms with Gasteiger partial charge in [-0.05, 0) is 44.0 Å². The number of amides is 1. The average Bonchev–Trinajstić information content (AvgIpc) is 3.20. The van der Waals surface area contributed by atoms with Gasteiger partial charge in [-0.1, -0.05) is 50.1 Å². The van der Waals surface area contributed by atoms with Crippen molar-refractivity contribution in [3.8, 4) is 0 Å². The maximum Gasteiger partial charge on any atom is 0.249 e. The molecule has 5 heteroatoms. The Balaban J connectivity index is 1.66. The van der Waals surface area contributed by atoms with E-state index in [0.717, 1.165) is 18.7 Å². The van der Waals surface area contributed by atoms with E-state index in [4.69, 9.17) is 0 Å². The van der Waals surface area contributed by atoms with Gasteiger partial charge in [0.25, 0.3) is 0 Å². The minimum atomic E-state index is -0.418. The maximum atomic E-state index is 13.0. The third kappa shape index (κ3) is 4.73. The summed E-state index contributed by atoms with van der Waals surface area (Å²) in [5.74, 6) is 0.0147. The summed E-state index contributed by atoms with van der Waals surface area (Å²) in [7, 11) is 0. The topological polar surface area (TPSA) is 50.2 Å². The summed E-state index contributed by atoms with van der Waals surface area (Å²) in [6.45, 7) is 5.24. The second-order valence-electron chi connectivity index (χ2n) is 7.08. The van der Waals surface area contributed by atoms with Gasteiger partial charge in [-0.25, -0.2) is 0 Å². The normalized spacial score (nSPS) is 19.2. The molecule has 140 valence electrons. The van der Waals surface area contributed by atoms with Crippen molar-refractivity contribution in [3.05, 3.63) is 54.4 Å². The number of hydrogen-bond donors (Lipinski definition) is 1. The number of piperidine rings is 1. The monoisotopic (exact) mass is 354 g/mol. The van der Waals surface area contributed by atoms with Gasteiger partial charge < -0.3 is 5.32 Å². The summed E-state index contributed by atoms with van der Waals surface area (Å²) in [6.07, 6.45) is 9.71. The van der Waals surface area contributed by atoms with E-state index in [-0.39, 0.29) is 5.91 Å². The summed E-state index contributed by atoms with van der Waals surface area (Å²) >= 11 is 0. The van der Waals surface area contributed by atoms with Crippen molar-refractivity contribution in [1.29, 1.82) is 0 Å². The molecule has 0 spiro atoms. The van der Waals surface area contributed by atoms with E-state index in [1.165, 1.54) is 32.1 Å². The molecule has 1 amide bonds. The van der Waals surface area contributed by atoms with Crippen molar-refractivity contribution in [2.75, 3.05) is 19.6 Å². The molecule has 26 heavy (non-hydrogen) atoms. The number of carbonyl (C=O) groups excluding carboxylic acids is 1. The molecule has 1 fully saturated rings. The van der Waals surface area contributed by atoms with Crippen LogP contribution in [0, 0.1) is 0 Å². The van der Waals surface area contributed by atoms with Gasteiger partial charge in [0.1, 0.15) is 0 Å². The predicted octanol–water partition coefficient (Wildman–Crippen LogP) is 3.24. The number of likely N-dealkylation sites (tertiary alicyclic amines) is 1. The first kappa shape index (κ1) is 18.6. The first-order chi connectivity index (χ1) is 12.8. The highest BCUT2D eigenvalue weighted by molar-refractivity contribution is 5.83. The molecule has 1 saturated heterocycles. The van der Waals surface area contributed by atoms with Crippen molar-refractivity contribution >= 4 is 5.91 Å².